The second kappa shape index (κ2) is 6.74. The van der Waals surface area contributed by atoms with Gasteiger partial charge >= 0.3 is 0 Å². The molecule has 0 amide bonds. The minimum atomic E-state index is 0.220. The first-order valence-electron chi connectivity index (χ1n) is 11.4. The molecule has 1 saturated carbocycles. The van der Waals surface area contributed by atoms with Gasteiger partial charge in [0.25, 0.3) is 0 Å². The van der Waals surface area contributed by atoms with E-state index >= 15 is 0 Å². The second-order valence-electron chi connectivity index (χ2n) is 11.8. The first-order valence-corrected chi connectivity index (χ1v) is 11.4. The van der Waals surface area contributed by atoms with Crippen molar-refractivity contribution < 1.29 is 0 Å². The maximum Gasteiger partial charge on any atom is 0.0642 e. The summed E-state index contributed by atoms with van der Waals surface area (Å²) in [5.74, 6) is 3.47. The number of piperidine rings is 1. The van der Waals surface area contributed by atoms with Crippen molar-refractivity contribution in [2.24, 2.45) is 29.1 Å². The summed E-state index contributed by atoms with van der Waals surface area (Å²) in [6.07, 6.45) is 9.24. The van der Waals surface area contributed by atoms with Crippen LogP contribution in [0.1, 0.15) is 80.1 Å². The highest BCUT2D eigenvalue weighted by Crippen LogP contribution is 2.56. The number of likely N-dealkylation sites (tertiary alicyclic amines) is 1. The fourth-order valence-electron chi connectivity index (χ4n) is 7.31. The van der Waals surface area contributed by atoms with E-state index in [1.54, 1.807) is 0 Å². The molecule has 6 unspecified atom stereocenters. The summed E-state index contributed by atoms with van der Waals surface area (Å²) in [5, 5.41) is 7.91. The summed E-state index contributed by atoms with van der Waals surface area (Å²) in [5.41, 5.74) is 0.553. The molecule has 3 heteroatoms. The maximum atomic E-state index is 4.17. The van der Waals surface area contributed by atoms with E-state index in [1.807, 2.05) is 0 Å². The molecule has 0 spiro atoms. The van der Waals surface area contributed by atoms with Gasteiger partial charge < -0.3 is 5.32 Å². The Kier molecular flexibility index (Phi) is 4.98. The molecule has 4 rings (SSSR count). The fraction of sp³-hybridized carbons (Fsp3) is 1.00. The van der Waals surface area contributed by atoms with Crippen molar-refractivity contribution in [1.29, 1.82) is 0 Å². The highest BCUT2D eigenvalue weighted by Gasteiger charge is 2.63. The summed E-state index contributed by atoms with van der Waals surface area (Å²) < 4.78 is 0. The molecule has 3 nitrogen and oxygen atoms in total. The number of nitrogens with one attached hydrogen (secondary N) is 2. The minimum Gasteiger partial charge on any atom is -0.316 e. The molecule has 0 bridgehead atoms. The Bertz CT molecular complexity index is 497. The second-order valence-corrected chi connectivity index (χ2v) is 11.8. The van der Waals surface area contributed by atoms with Gasteiger partial charge in [0, 0.05) is 17.6 Å². The van der Waals surface area contributed by atoms with E-state index in [4.69, 9.17) is 0 Å². The fourth-order valence-corrected chi connectivity index (χ4v) is 7.31. The van der Waals surface area contributed by atoms with Gasteiger partial charge in [-0.3, -0.25) is 10.2 Å². The largest absolute Gasteiger partial charge is 0.316 e. The molecular formula is C23H43N3. The molecule has 26 heavy (non-hydrogen) atoms. The molecule has 0 aromatic rings. The van der Waals surface area contributed by atoms with E-state index in [9.17, 15) is 0 Å². The molecule has 4 fully saturated rings. The van der Waals surface area contributed by atoms with Crippen molar-refractivity contribution in [3.8, 4) is 0 Å². The normalized spacial score (nSPS) is 42.7. The molecular weight excluding hydrogens is 318 g/mol. The van der Waals surface area contributed by atoms with Crippen molar-refractivity contribution in [2.45, 2.75) is 104 Å². The highest BCUT2D eigenvalue weighted by atomic mass is 15.4. The zero-order valence-corrected chi connectivity index (χ0v) is 18.1. The number of hydrogen-bond acceptors (Lipinski definition) is 3. The van der Waals surface area contributed by atoms with Crippen molar-refractivity contribution in [3.63, 3.8) is 0 Å². The van der Waals surface area contributed by atoms with Crippen LogP contribution in [0.2, 0.25) is 0 Å². The Morgan fingerprint density at radius 1 is 0.846 bits per heavy atom. The number of rotatable bonds is 1. The first kappa shape index (κ1) is 19.2. The van der Waals surface area contributed by atoms with Crippen molar-refractivity contribution >= 4 is 0 Å². The molecule has 4 aliphatic rings. The summed E-state index contributed by atoms with van der Waals surface area (Å²) in [6, 6.07) is 1.43. The van der Waals surface area contributed by atoms with Crippen molar-refractivity contribution in [1.82, 2.24) is 15.5 Å². The van der Waals surface area contributed by atoms with Crippen molar-refractivity contribution in [2.75, 3.05) is 13.1 Å². The molecule has 150 valence electrons. The molecule has 3 heterocycles. The Balaban J connectivity index is 1.75. The van der Waals surface area contributed by atoms with Gasteiger partial charge in [0.2, 0.25) is 0 Å². The van der Waals surface area contributed by atoms with Crippen LogP contribution in [0.4, 0.5) is 0 Å². The Morgan fingerprint density at radius 3 is 2.15 bits per heavy atom. The van der Waals surface area contributed by atoms with Crippen LogP contribution >= 0.6 is 0 Å². The Labute approximate surface area is 162 Å². The predicted octanol–water partition coefficient (Wildman–Crippen LogP) is 4.24. The average Bonchev–Trinajstić information content (AvgIpc) is 3.08. The summed E-state index contributed by atoms with van der Waals surface area (Å²) in [4.78, 5) is 2.94. The topological polar surface area (TPSA) is 27.3 Å². The molecule has 0 aromatic heterocycles. The van der Waals surface area contributed by atoms with Crippen LogP contribution in [0.25, 0.3) is 0 Å². The third-order valence-electron chi connectivity index (χ3n) is 8.04. The van der Waals surface area contributed by atoms with Crippen molar-refractivity contribution in [3.05, 3.63) is 0 Å². The summed E-state index contributed by atoms with van der Waals surface area (Å²) in [6.45, 7) is 17.3. The van der Waals surface area contributed by atoms with Gasteiger partial charge in [-0.2, -0.15) is 0 Å². The average molecular weight is 362 g/mol. The lowest BCUT2D eigenvalue weighted by atomic mass is 9.64. The standard InChI is InChI=1S/C23H43N3/c1-22(2,3)20-18(15-10-8-7-9-11-15)19-16-14-24-13-12-17(16)25-21(19)26(20)23(4,5)6/h15-21,24-25H,7-14H2,1-6H3. The third kappa shape index (κ3) is 3.16. The van der Waals surface area contributed by atoms with E-state index in [0.717, 1.165) is 29.7 Å². The number of hydrogen-bond donors (Lipinski definition) is 2. The van der Waals surface area contributed by atoms with Gasteiger partial charge in [0.1, 0.15) is 0 Å². The van der Waals surface area contributed by atoms with Crippen LogP contribution in [0.5, 0.6) is 0 Å². The van der Waals surface area contributed by atoms with Crippen LogP contribution < -0.4 is 10.6 Å². The minimum absolute atomic E-state index is 0.220. The van der Waals surface area contributed by atoms with Gasteiger partial charge in [-0.25, -0.2) is 0 Å². The molecule has 0 aromatic carbocycles. The monoisotopic (exact) mass is 361 g/mol. The molecule has 1 aliphatic carbocycles. The van der Waals surface area contributed by atoms with E-state index in [2.05, 4.69) is 57.1 Å². The lowest BCUT2D eigenvalue weighted by Crippen LogP contribution is -2.59. The maximum absolute atomic E-state index is 4.17. The van der Waals surface area contributed by atoms with Crippen LogP contribution in [-0.4, -0.2) is 41.8 Å². The zero-order chi connectivity index (χ0) is 18.7. The SMILES string of the molecule is CC(C)(C)C1C(C2CCCCC2)C2C3CNCCC3NC2N1C(C)(C)C. The lowest BCUT2D eigenvalue weighted by Gasteiger charge is -2.49. The summed E-state index contributed by atoms with van der Waals surface area (Å²) >= 11 is 0. The van der Waals surface area contributed by atoms with Gasteiger partial charge in [-0.1, -0.05) is 52.9 Å². The molecule has 6 atom stereocenters. The van der Waals surface area contributed by atoms with Gasteiger partial charge in [0.15, 0.2) is 0 Å². The smallest absolute Gasteiger partial charge is 0.0642 e. The molecule has 3 aliphatic heterocycles. The lowest BCUT2D eigenvalue weighted by molar-refractivity contribution is -0.0105. The third-order valence-corrected chi connectivity index (χ3v) is 8.04. The molecule has 2 N–H and O–H groups in total. The predicted molar refractivity (Wildman–Crippen MR) is 110 cm³/mol. The van der Waals surface area contributed by atoms with Gasteiger partial charge in [0.05, 0.1) is 6.17 Å². The van der Waals surface area contributed by atoms with E-state index < -0.39 is 0 Å². The van der Waals surface area contributed by atoms with Gasteiger partial charge in [-0.05, 0) is 69.4 Å². The first-order chi connectivity index (χ1) is 12.2. The molecule has 0 radical (unpaired) electrons. The van der Waals surface area contributed by atoms with Crippen LogP contribution in [0.15, 0.2) is 0 Å². The van der Waals surface area contributed by atoms with E-state index in [1.165, 1.54) is 51.6 Å². The van der Waals surface area contributed by atoms with Crippen LogP contribution in [0.3, 0.4) is 0 Å². The Morgan fingerprint density at radius 2 is 1.54 bits per heavy atom. The number of nitrogens with zero attached hydrogens (tertiary/aromatic N) is 1. The number of fused-ring (bicyclic) bond motifs is 3. The van der Waals surface area contributed by atoms with Gasteiger partial charge in [-0.15, -0.1) is 0 Å². The highest BCUT2D eigenvalue weighted by molar-refractivity contribution is 5.15. The Hall–Kier alpha value is -0.120. The van der Waals surface area contributed by atoms with Crippen LogP contribution in [0, 0.1) is 29.1 Å². The van der Waals surface area contributed by atoms with E-state index in [0.29, 0.717) is 17.6 Å². The quantitative estimate of drug-likeness (QED) is 0.732. The van der Waals surface area contributed by atoms with E-state index in [-0.39, 0.29) is 5.54 Å². The molecule has 3 saturated heterocycles. The van der Waals surface area contributed by atoms with Crippen LogP contribution in [-0.2, 0) is 0 Å². The summed E-state index contributed by atoms with van der Waals surface area (Å²) in [7, 11) is 0. The zero-order valence-electron chi connectivity index (χ0n) is 18.1.